The zero-order chi connectivity index (χ0) is 10.1. The standard InChI is InChI=1S/C10H22N2O/c1-8-6-12(5-4-9(8)13)7-10(2,3)11/h8-9,13H,4-7,11H2,1-3H3. The summed E-state index contributed by atoms with van der Waals surface area (Å²) >= 11 is 0. The zero-order valence-corrected chi connectivity index (χ0v) is 8.95. The minimum atomic E-state index is -0.123. The Morgan fingerprint density at radius 3 is 2.62 bits per heavy atom. The van der Waals surface area contributed by atoms with Gasteiger partial charge >= 0.3 is 0 Å². The van der Waals surface area contributed by atoms with E-state index in [0.717, 1.165) is 26.1 Å². The predicted octanol–water partition coefficient (Wildman–Crippen LogP) is 0.426. The molecule has 78 valence electrons. The fraction of sp³-hybridized carbons (Fsp3) is 1.00. The molecule has 0 spiro atoms. The Labute approximate surface area is 80.9 Å². The van der Waals surface area contributed by atoms with Crippen molar-refractivity contribution in [2.75, 3.05) is 19.6 Å². The third-order valence-corrected chi connectivity index (χ3v) is 2.58. The van der Waals surface area contributed by atoms with Crippen LogP contribution in [0.5, 0.6) is 0 Å². The molecular formula is C10H22N2O. The fourth-order valence-corrected chi connectivity index (χ4v) is 1.94. The Bertz CT molecular complexity index is 165. The van der Waals surface area contributed by atoms with Gasteiger partial charge in [0.25, 0.3) is 0 Å². The number of piperidine rings is 1. The molecule has 0 radical (unpaired) electrons. The average molecular weight is 186 g/mol. The van der Waals surface area contributed by atoms with E-state index in [1.807, 2.05) is 13.8 Å². The normalized spacial score (nSPS) is 32.1. The molecule has 0 aliphatic carbocycles. The van der Waals surface area contributed by atoms with Crippen LogP contribution in [0.1, 0.15) is 27.2 Å². The lowest BCUT2D eigenvalue weighted by Crippen LogP contribution is -2.50. The van der Waals surface area contributed by atoms with Crippen molar-refractivity contribution in [2.24, 2.45) is 11.7 Å². The number of nitrogens with two attached hydrogens (primary N) is 1. The van der Waals surface area contributed by atoms with Crippen molar-refractivity contribution >= 4 is 0 Å². The van der Waals surface area contributed by atoms with Crippen LogP contribution in [0.25, 0.3) is 0 Å². The van der Waals surface area contributed by atoms with Crippen molar-refractivity contribution in [3.05, 3.63) is 0 Å². The molecular weight excluding hydrogens is 164 g/mol. The minimum Gasteiger partial charge on any atom is -0.393 e. The molecule has 1 aliphatic heterocycles. The van der Waals surface area contributed by atoms with Gasteiger partial charge in [0, 0.05) is 25.2 Å². The highest BCUT2D eigenvalue weighted by atomic mass is 16.3. The number of likely N-dealkylation sites (tertiary alicyclic amines) is 1. The smallest absolute Gasteiger partial charge is 0.0590 e. The lowest BCUT2D eigenvalue weighted by atomic mass is 9.95. The summed E-state index contributed by atoms with van der Waals surface area (Å²) in [7, 11) is 0. The van der Waals surface area contributed by atoms with E-state index in [9.17, 15) is 5.11 Å². The van der Waals surface area contributed by atoms with Crippen molar-refractivity contribution < 1.29 is 5.11 Å². The van der Waals surface area contributed by atoms with E-state index in [1.165, 1.54) is 0 Å². The fourth-order valence-electron chi connectivity index (χ4n) is 1.94. The highest BCUT2D eigenvalue weighted by Crippen LogP contribution is 2.17. The number of rotatable bonds is 2. The molecule has 1 aliphatic rings. The summed E-state index contributed by atoms with van der Waals surface area (Å²) in [6.07, 6.45) is 0.772. The lowest BCUT2D eigenvalue weighted by Gasteiger charge is -2.37. The molecule has 3 N–H and O–H groups in total. The van der Waals surface area contributed by atoms with Crippen LogP contribution in [0.4, 0.5) is 0 Å². The Morgan fingerprint density at radius 1 is 1.54 bits per heavy atom. The molecule has 0 aromatic carbocycles. The van der Waals surface area contributed by atoms with Crippen LogP contribution in [0, 0.1) is 5.92 Å². The monoisotopic (exact) mass is 186 g/mol. The molecule has 0 amide bonds. The molecule has 0 saturated carbocycles. The predicted molar refractivity (Wildman–Crippen MR) is 54.5 cm³/mol. The molecule has 2 unspecified atom stereocenters. The number of nitrogens with zero attached hydrogens (tertiary/aromatic N) is 1. The number of aliphatic hydroxyl groups excluding tert-OH is 1. The molecule has 3 heteroatoms. The molecule has 13 heavy (non-hydrogen) atoms. The van der Waals surface area contributed by atoms with Crippen LogP contribution >= 0.6 is 0 Å². The van der Waals surface area contributed by atoms with Gasteiger partial charge in [-0.3, -0.25) is 0 Å². The largest absolute Gasteiger partial charge is 0.393 e. The highest BCUT2D eigenvalue weighted by Gasteiger charge is 2.26. The van der Waals surface area contributed by atoms with E-state index in [0.29, 0.717) is 5.92 Å². The average Bonchev–Trinajstić information content (AvgIpc) is 1.94. The van der Waals surface area contributed by atoms with E-state index in [1.54, 1.807) is 0 Å². The maximum absolute atomic E-state index is 9.54. The first-order valence-electron chi connectivity index (χ1n) is 5.08. The van der Waals surface area contributed by atoms with Crippen molar-refractivity contribution in [3.8, 4) is 0 Å². The van der Waals surface area contributed by atoms with Gasteiger partial charge in [0.15, 0.2) is 0 Å². The number of aliphatic hydroxyl groups is 1. The molecule has 2 atom stereocenters. The van der Waals surface area contributed by atoms with Crippen LogP contribution in [0.15, 0.2) is 0 Å². The molecule has 0 bridgehead atoms. The van der Waals surface area contributed by atoms with E-state index in [4.69, 9.17) is 5.73 Å². The van der Waals surface area contributed by atoms with Gasteiger partial charge in [-0.15, -0.1) is 0 Å². The van der Waals surface area contributed by atoms with Gasteiger partial charge in [0.05, 0.1) is 6.10 Å². The van der Waals surface area contributed by atoms with Crippen molar-refractivity contribution in [1.82, 2.24) is 4.90 Å². The van der Waals surface area contributed by atoms with Gasteiger partial charge in [0.2, 0.25) is 0 Å². The van der Waals surface area contributed by atoms with Gasteiger partial charge < -0.3 is 15.7 Å². The van der Waals surface area contributed by atoms with E-state index >= 15 is 0 Å². The van der Waals surface area contributed by atoms with Crippen LogP contribution in [0.2, 0.25) is 0 Å². The van der Waals surface area contributed by atoms with Crippen LogP contribution in [-0.4, -0.2) is 41.3 Å². The Morgan fingerprint density at radius 2 is 2.15 bits per heavy atom. The van der Waals surface area contributed by atoms with Crippen LogP contribution in [-0.2, 0) is 0 Å². The summed E-state index contributed by atoms with van der Waals surface area (Å²) in [5, 5.41) is 9.54. The summed E-state index contributed by atoms with van der Waals surface area (Å²) in [4.78, 5) is 2.34. The summed E-state index contributed by atoms with van der Waals surface area (Å²) in [5.74, 6) is 0.385. The highest BCUT2D eigenvalue weighted by molar-refractivity contribution is 4.83. The Kier molecular flexibility index (Phi) is 3.33. The molecule has 1 fully saturated rings. The second kappa shape index (κ2) is 3.95. The molecule has 0 aromatic rings. The summed E-state index contributed by atoms with van der Waals surface area (Å²) in [5.41, 5.74) is 5.82. The summed E-state index contributed by atoms with van der Waals surface area (Å²) < 4.78 is 0. The Hall–Kier alpha value is -0.120. The number of hydrogen-bond acceptors (Lipinski definition) is 3. The SMILES string of the molecule is CC1CN(CC(C)(C)N)CCC1O. The van der Waals surface area contributed by atoms with Crippen molar-refractivity contribution in [1.29, 1.82) is 0 Å². The van der Waals surface area contributed by atoms with Gasteiger partial charge in [-0.05, 0) is 26.2 Å². The van der Waals surface area contributed by atoms with Gasteiger partial charge in [0.1, 0.15) is 0 Å². The summed E-state index contributed by atoms with van der Waals surface area (Å²) in [6, 6.07) is 0. The van der Waals surface area contributed by atoms with E-state index in [2.05, 4.69) is 11.8 Å². The first kappa shape index (κ1) is 11.0. The van der Waals surface area contributed by atoms with Crippen LogP contribution < -0.4 is 5.73 Å². The molecule has 1 rings (SSSR count). The minimum absolute atomic E-state index is 0.114. The second-order valence-electron chi connectivity index (χ2n) is 5.06. The van der Waals surface area contributed by atoms with Gasteiger partial charge in [-0.1, -0.05) is 6.92 Å². The first-order chi connectivity index (χ1) is 5.88. The molecule has 0 aromatic heterocycles. The Balaban J connectivity index is 2.38. The van der Waals surface area contributed by atoms with E-state index < -0.39 is 0 Å². The second-order valence-corrected chi connectivity index (χ2v) is 5.06. The van der Waals surface area contributed by atoms with Crippen LogP contribution in [0.3, 0.4) is 0 Å². The summed E-state index contributed by atoms with van der Waals surface area (Å²) in [6.45, 7) is 9.06. The maximum Gasteiger partial charge on any atom is 0.0590 e. The first-order valence-corrected chi connectivity index (χ1v) is 5.08. The maximum atomic E-state index is 9.54. The molecule has 3 nitrogen and oxygen atoms in total. The van der Waals surface area contributed by atoms with Gasteiger partial charge in [-0.2, -0.15) is 0 Å². The number of hydrogen-bond donors (Lipinski definition) is 2. The third kappa shape index (κ3) is 3.63. The molecule has 1 saturated heterocycles. The van der Waals surface area contributed by atoms with Crippen molar-refractivity contribution in [2.45, 2.75) is 38.8 Å². The molecule has 1 heterocycles. The topological polar surface area (TPSA) is 49.5 Å². The van der Waals surface area contributed by atoms with E-state index in [-0.39, 0.29) is 11.6 Å². The van der Waals surface area contributed by atoms with Crippen molar-refractivity contribution in [3.63, 3.8) is 0 Å². The zero-order valence-electron chi connectivity index (χ0n) is 8.95. The van der Waals surface area contributed by atoms with Gasteiger partial charge in [-0.25, -0.2) is 0 Å². The lowest BCUT2D eigenvalue weighted by molar-refractivity contribution is 0.0287. The quantitative estimate of drug-likeness (QED) is 0.657. The third-order valence-electron chi connectivity index (χ3n) is 2.58.